The summed E-state index contributed by atoms with van der Waals surface area (Å²) in [6.07, 6.45) is 0.842. The first-order valence-electron chi connectivity index (χ1n) is 6.55. The molecule has 0 saturated heterocycles. The van der Waals surface area contributed by atoms with Crippen LogP contribution in [0.5, 0.6) is 0 Å². The molecular weight excluding hydrogens is 276 g/mol. The van der Waals surface area contributed by atoms with Gasteiger partial charge in [-0.3, -0.25) is 9.78 Å². The molecule has 0 bridgehead atoms. The minimum absolute atomic E-state index is 0.00946. The molecule has 5 heteroatoms. The number of fused-ring (bicyclic) bond motifs is 2. The third-order valence-corrected chi connectivity index (χ3v) is 4.06. The van der Waals surface area contributed by atoms with Gasteiger partial charge in [0.1, 0.15) is 0 Å². The zero-order chi connectivity index (χ0) is 14.3. The van der Waals surface area contributed by atoms with Gasteiger partial charge in [0.2, 0.25) is 0 Å². The Balaban J connectivity index is 2.31. The molecule has 1 aliphatic rings. The summed E-state index contributed by atoms with van der Waals surface area (Å²) < 4.78 is 0. The second kappa shape index (κ2) is 5.04. The Kier molecular flexibility index (Phi) is 3.36. The molecule has 20 heavy (non-hydrogen) atoms. The molecule has 0 atom stereocenters. The van der Waals surface area contributed by atoms with E-state index in [2.05, 4.69) is 9.88 Å². The summed E-state index contributed by atoms with van der Waals surface area (Å²) in [5, 5.41) is 10.6. The molecule has 1 aliphatic heterocycles. The van der Waals surface area contributed by atoms with E-state index in [0.717, 1.165) is 41.7 Å². The highest BCUT2D eigenvalue weighted by Gasteiger charge is 2.22. The van der Waals surface area contributed by atoms with Gasteiger partial charge in [0, 0.05) is 30.6 Å². The van der Waals surface area contributed by atoms with Crippen molar-refractivity contribution in [1.29, 1.82) is 0 Å². The molecule has 3 rings (SSSR count). The molecule has 0 saturated carbocycles. The number of carboxylic acids is 1. The van der Waals surface area contributed by atoms with Crippen LogP contribution in [0, 0.1) is 0 Å². The van der Waals surface area contributed by atoms with E-state index in [4.69, 9.17) is 11.6 Å². The lowest BCUT2D eigenvalue weighted by Gasteiger charge is -2.27. The first-order chi connectivity index (χ1) is 9.56. The number of carboxylic acid groups (broad SMARTS) is 1. The van der Waals surface area contributed by atoms with E-state index in [1.165, 1.54) is 0 Å². The Bertz CT molecular complexity index is 700. The number of rotatable bonds is 2. The van der Waals surface area contributed by atoms with Crippen molar-refractivity contribution in [2.75, 3.05) is 13.6 Å². The van der Waals surface area contributed by atoms with Crippen molar-refractivity contribution in [1.82, 2.24) is 9.88 Å². The maximum absolute atomic E-state index is 11.2. The molecule has 0 radical (unpaired) electrons. The predicted molar refractivity (Wildman–Crippen MR) is 78.1 cm³/mol. The summed E-state index contributed by atoms with van der Waals surface area (Å²) in [7, 11) is 2.04. The van der Waals surface area contributed by atoms with E-state index >= 15 is 0 Å². The fourth-order valence-electron chi connectivity index (χ4n) is 2.80. The average Bonchev–Trinajstić information content (AvgIpc) is 2.40. The number of likely N-dealkylation sites (N-methyl/N-ethyl adjacent to an activating group) is 1. The van der Waals surface area contributed by atoms with Crippen LogP contribution < -0.4 is 0 Å². The lowest BCUT2D eigenvalue weighted by atomic mass is 9.94. The average molecular weight is 291 g/mol. The van der Waals surface area contributed by atoms with Gasteiger partial charge in [0.05, 0.1) is 17.0 Å². The van der Waals surface area contributed by atoms with Crippen LogP contribution in [0.25, 0.3) is 10.9 Å². The number of aliphatic carboxylic acids is 1. The second-order valence-electron chi connectivity index (χ2n) is 5.21. The molecule has 0 spiro atoms. The van der Waals surface area contributed by atoms with Gasteiger partial charge in [0.25, 0.3) is 0 Å². The van der Waals surface area contributed by atoms with Gasteiger partial charge in [-0.05, 0) is 24.2 Å². The van der Waals surface area contributed by atoms with Crippen LogP contribution in [0.4, 0.5) is 0 Å². The number of carbonyl (C=O) groups is 1. The smallest absolute Gasteiger partial charge is 0.307 e. The van der Waals surface area contributed by atoms with Crippen molar-refractivity contribution in [3.8, 4) is 0 Å². The lowest BCUT2D eigenvalue weighted by molar-refractivity contribution is -0.136. The number of benzene rings is 1. The van der Waals surface area contributed by atoms with Crippen molar-refractivity contribution < 1.29 is 9.90 Å². The van der Waals surface area contributed by atoms with E-state index < -0.39 is 5.97 Å². The number of pyridine rings is 1. The van der Waals surface area contributed by atoms with Gasteiger partial charge in [-0.1, -0.05) is 23.7 Å². The summed E-state index contributed by atoms with van der Waals surface area (Å²) in [6, 6.07) is 5.54. The molecular formula is C15H15ClN2O2. The van der Waals surface area contributed by atoms with E-state index in [0.29, 0.717) is 10.5 Å². The normalized spacial score (nSPS) is 15.3. The molecule has 0 unspecified atom stereocenters. The monoisotopic (exact) mass is 290 g/mol. The lowest BCUT2D eigenvalue weighted by Crippen LogP contribution is -2.29. The fraction of sp³-hybridized carbons (Fsp3) is 0.333. The Morgan fingerprint density at radius 2 is 2.30 bits per heavy atom. The Morgan fingerprint density at radius 3 is 3.05 bits per heavy atom. The number of para-hydroxylation sites is 1. The fourth-order valence-corrected chi connectivity index (χ4v) is 3.02. The first kappa shape index (κ1) is 13.3. The zero-order valence-corrected chi connectivity index (χ0v) is 11.9. The summed E-state index contributed by atoms with van der Waals surface area (Å²) >= 11 is 6.22. The van der Waals surface area contributed by atoms with E-state index in [9.17, 15) is 9.90 Å². The topological polar surface area (TPSA) is 53.4 Å². The number of hydrogen-bond donors (Lipinski definition) is 1. The predicted octanol–water partition coefficient (Wildman–Crippen LogP) is 2.50. The van der Waals surface area contributed by atoms with Crippen LogP contribution >= 0.6 is 11.6 Å². The quantitative estimate of drug-likeness (QED) is 0.923. The SMILES string of the molecule is CN1CCc2nc3c(Cl)cccc3c(CC(=O)O)c2C1. The van der Waals surface area contributed by atoms with Crippen molar-refractivity contribution >= 4 is 28.5 Å². The molecule has 1 N–H and O–H groups in total. The number of hydrogen-bond acceptors (Lipinski definition) is 3. The summed E-state index contributed by atoms with van der Waals surface area (Å²) in [4.78, 5) is 18.1. The van der Waals surface area contributed by atoms with Gasteiger partial charge in [0.15, 0.2) is 0 Å². The molecule has 1 aromatic carbocycles. The molecule has 2 aromatic rings. The first-order valence-corrected chi connectivity index (χ1v) is 6.93. The Labute approximate surface area is 122 Å². The van der Waals surface area contributed by atoms with Crippen molar-refractivity contribution in [2.24, 2.45) is 0 Å². The van der Waals surface area contributed by atoms with Crippen LogP contribution in [0.2, 0.25) is 5.02 Å². The molecule has 0 fully saturated rings. The van der Waals surface area contributed by atoms with Crippen LogP contribution in [0.15, 0.2) is 18.2 Å². The number of nitrogens with zero attached hydrogens (tertiary/aromatic N) is 2. The largest absolute Gasteiger partial charge is 0.481 e. The highest BCUT2D eigenvalue weighted by molar-refractivity contribution is 6.35. The minimum atomic E-state index is -0.826. The van der Waals surface area contributed by atoms with Gasteiger partial charge in [-0.15, -0.1) is 0 Å². The Hall–Kier alpha value is -1.65. The number of halogens is 1. The third kappa shape index (κ3) is 2.25. The van der Waals surface area contributed by atoms with Crippen LogP contribution in [0.3, 0.4) is 0 Å². The van der Waals surface area contributed by atoms with Gasteiger partial charge in [-0.25, -0.2) is 0 Å². The van der Waals surface area contributed by atoms with Crippen LogP contribution in [-0.2, 0) is 24.2 Å². The summed E-state index contributed by atoms with van der Waals surface area (Å²) in [5.74, 6) is -0.826. The molecule has 2 heterocycles. The van der Waals surface area contributed by atoms with E-state index in [-0.39, 0.29) is 6.42 Å². The van der Waals surface area contributed by atoms with Gasteiger partial charge >= 0.3 is 5.97 Å². The van der Waals surface area contributed by atoms with Crippen molar-refractivity contribution in [3.63, 3.8) is 0 Å². The third-order valence-electron chi connectivity index (χ3n) is 3.76. The highest BCUT2D eigenvalue weighted by atomic mass is 35.5. The molecule has 0 aliphatic carbocycles. The number of aromatic nitrogens is 1. The van der Waals surface area contributed by atoms with Gasteiger partial charge < -0.3 is 10.0 Å². The molecule has 104 valence electrons. The van der Waals surface area contributed by atoms with Gasteiger partial charge in [-0.2, -0.15) is 0 Å². The van der Waals surface area contributed by atoms with Crippen molar-refractivity contribution in [2.45, 2.75) is 19.4 Å². The highest BCUT2D eigenvalue weighted by Crippen LogP contribution is 2.31. The maximum Gasteiger partial charge on any atom is 0.307 e. The van der Waals surface area contributed by atoms with E-state index in [1.54, 1.807) is 6.07 Å². The zero-order valence-electron chi connectivity index (χ0n) is 11.2. The van der Waals surface area contributed by atoms with Crippen LogP contribution in [0.1, 0.15) is 16.8 Å². The summed E-state index contributed by atoms with van der Waals surface area (Å²) in [5.41, 5.74) is 3.61. The molecule has 0 amide bonds. The summed E-state index contributed by atoms with van der Waals surface area (Å²) in [6.45, 7) is 1.68. The van der Waals surface area contributed by atoms with E-state index in [1.807, 2.05) is 19.2 Å². The second-order valence-corrected chi connectivity index (χ2v) is 5.62. The maximum atomic E-state index is 11.2. The minimum Gasteiger partial charge on any atom is -0.481 e. The van der Waals surface area contributed by atoms with Crippen LogP contribution in [-0.4, -0.2) is 34.6 Å². The Morgan fingerprint density at radius 1 is 1.50 bits per heavy atom. The molecule has 4 nitrogen and oxygen atoms in total. The standard InChI is InChI=1S/C15H15ClN2O2/c1-18-6-5-13-11(8-18)10(7-14(19)20)9-3-2-4-12(16)15(9)17-13/h2-4H,5-8H2,1H3,(H,19,20). The van der Waals surface area contributed by atoms with Crippen molar-refractivity contribution in [3.05, 3.63) is 40.0 Å². The molecule has 1 aromatic heterocycles.